The molecule has 0 aliphatic carbocycles. The largest absolute Gasteiger partial charge is 0.344 e. The first kappa shape index (κ1) is 20.0. The van der Waals surface area contributed by atoms with Crippen LogP contribution < -0.4 is 9.80 Å². The zero-order valence-corrected chi connectivity index (χ0v) is 18.4. The summed E-state index contributed by atoms with van der Waals surface area (Å²) in [6.45, 7) is 0.752. The minimum absolute atomic E-state index is 0.139. The molecule has 0 amide bonds. The van der Waals surface area contributed by atoms with Crippen molar-refractivity contribution in [3.05, 3.63) is 130 Å². The van der Waals surface area contributed by atoms with Gasteiger partial charge >= 0.3 is 0 Å². The summed E-state index contributed by atoms with van der Waals surface area (Å²) in [5.41, 5.74) is 4.86. The third-order valence-corrected chi connectivity index (χ3v) is 6.38. The van der Waals surface area contributed by atoms with Gasteiger partial charge in [-0.15, -0.1) is 0 Å². The maximum absolute atomic E-state index is 6.19. The zero-order valence-electron chi connectivity index (χ0n) is 16.9. The number of nitrogens with zero attached hydrogens (tertiary/aromatic N) is 2. The third kappa shape index (κ3) is 4.01. The third-order valence-electron chi connectivity index (χ3n) is 5.87. The molecule has 2 atom stereocenters. The average molecular weight is 445 g/mol. The predicted molar refractivity (Wildman–Crippen MR) is 131 cm³/mol. The number of halogens is 2. The van der Waals surface area contributed by atoms with Crippen LogP contribution in [0.5, 0.6) is 0 Å². The van der Waals surface area contributed by atoms with Crippen LogP contribution in [0.4, 0.5) is 11.4 Å². The standard InChI is InChI=1S/C27H22Cl2N2/c28-22-11-15-24(16-12-22)30-19-31(25-17-13-23(29)14-18-25)27(21-9-5-2-6-10-21)26(30)20-7-3-1-4-8-20/h1-18,26-27H,19H2/t26-,27-/m0/s1. The number of hydrogen-bond donors (Lipinski definition) is 0. The van der Waals surface area contributed by atoms with E-state index in [1.54, 1.807) is 0 Å². The van der Waals surface area contributed by atoms with Gasteiger partial charge in [0.25, 0.3) is 0 Å². The van der Waals surface area contributed by atoms with E-state index in [-0.39, 0.29) is 12.1 Å². The van der Waals surface area contributed by atoms with Crippen LogP contribution in [0.3, 0.4) is 0 Å². The summed E-state index contributed by atoms with van der Waals surface area (Å²) in [5, 5.41) is 1.49. The van der Waals surface area contributed by atoms with Gasteiger partial charge in [-0.3, -0.25) is 0 Å². The Bertz CT molecular complexity index is 1040. The van der Waals surface area contributed by atoms with Crippen molar-refractivity contribution in [2.24, 2.45) is 0 Å². The van der Waals surface area contributed by atoms with E-state index in [1.165, 1.54) is 11.1 Å². The lowest BCUT2D eigenvalue weighted by atomic mass is 9.92. The minimum Gasteiger partial charge on any atom is -0.344 e. The van der Waals surface area contributed by atoms with Crippen molar-refractivity contribution in [3.8, 4) is 0 Å². The Morgan fingerprint density at radius 3 is 1.19 bits per heavy atom. The summed E-state index contributed by atoms with van der Waals surface area (Å²) >= 11 is 12.4. The number of anilines is 2. The van der Waals surface area contributed by atoms with Gasteiger partial charge in [0.15, 0.2) is 0 Å². The molecule has 2 nitrogen and oxygen atoms in total. The van der Waals surface area contributed by atoms with Gasteiger partial charge in [-0.1, -0.05) is 83.9 Å². The molecule has 0 saturated carbocycles. The van der Waals surface area contributed by atoms with Crippen LogP contribution >= 0.6 is 23.2 Å². The normalized spacial score (nSPS) is 18.4. The van der Waals surface area contributed by atoms with E-state index in [0.29, 0.717) is 0 Å². The number of benzene rings is 4. The first-order valence-electron chi connectivity index (χ1n) is 10.3. The lowest BCUT2D eigenvalue weighted by molar-refractivity contribution is 0.618. The van der Waals surface area contributed by atoms with E-state index in [0.717, 1.165) is 28.1 Å². The Hall–Kier alpha value is -2.94. The molecule has 0 N–H and O–H groups in total. The molecule has 0 unspecified atom stereocenters. The molecule has 1 aliphatic rings. The molecular formula is C27H22Cl2N2. The van der Waals surface area contributed by atoms with Crippen LogP contribution in [0.1, 0.15) is 23.2 Å². The Labute approximate surface area is 193 Å². The molecule has 1 aliphatic heterocycles. The molecule has 0 radical (unpaired) electrons. The van der Waals surface area contributed by atoms with Crippen molar-refractivity contribution < 1.29 is 0 Å². The fraction of sp³-hybridized carbons (Fsp3) is 0.111. The fourth-order valence-corrected chi connectivity index (χ4v) is 4.71. The molecule has 1 fully saturated rings. The Morgan fingerprint density at radius 1 is 0.484 bits per heavy atom. The second kappa shape index (κ2) is 8.66. The highest BCUT2D eigenvalue weighted by atomic mass is 35.5. The van der Waals surface area contributed by atoms with E-state index < -0.39 is 0 Å². The zero-order chi connectivity index (χ0) is 21.2. The molecule has 0 aromatic heterocycles. The summed E-state index contributed by atoms with van der Waals surface area (Å²) < 4.78 is 0. The summed E-state index contributed by atoms with van der Waals surface area (Å²) in [6.07, 6.45) is 0. The van der Waals surface area contributed by atoms with Gasteiger partial charge < -0.3 is 9.80 Å². The number of hydrogen-bond acceptors (Lipinski definition) is 2. The van der Waals surface area contributed by atoms with Gasteiger partial charge in [0.05, 0.1) is 18.8 Å². The Morgan fingerprint density at radius 2 is 0.839 bits per heavy atom. The Balaban J connectivity index is 1.68. The average Bonchev–Trinajstić information content (AvgIpc) is 3.22. The molecule has 4 heteroatoms. The first-order chi connectivity index (χ1) is 15.2. The Kier molecular flexibility index (Phi) is 5.59. The molecule has 0 spiro atoms. The second-order valence-corrected chi connectivity index (χ2v) is 8.62. The van der Waals surface area contributed by atoms with Crippen molar-refractivity contribution in [2.75, 3.05) is 16.5 Å². The van der Waals surface area contributed by atoms with Crippen molar-refractivity contribution in [1.29, 1.82) is 0 Å². The van der Waals surface area contributed by atoms with Gasteiger partial charge in [0, 0.05) is 21.4 Å². The van der Waals surface area contributed by atoms with Crippen molar-refractivity contribution in [3.63, 3.8) is 0 Å². The number of rotatable bonds is 4. The molecule has 4 aromatic carbocycles. The van der Waals surface area contributed by atoms with Crippen LogP contribution in [0.25, 0.3) is 0 Å². The van der Waals surface area contributed by atoms with E-state index in [9.17, 15) is 0 Å². The van der Waals surface area contributed by atoms with Crippen LogP contribution in [0.2, 0.25) is 10.0 Å². The van der Waals surface area contributed by atoms with Gasteiger partial charge in [-0.05, 0) is 59.7 Å². The second-order valence-electron chi connectivity index (χ2n) is 7.74. The fourth-order valence-electron chi connectivity index (χ4n) is 4.46. The molecule has 5 rings (SSSR count). The highest BCUT2D eigenvalue weighted by Gasteiger charge is 2.42. The summed E-state index contributed by atoms with van der Waals surface area (Å²) in [6, 6.07) is 38.0. The van der Waals surface area contributed by atoms with Gasteiger partial charge in [-0.25, -0.2) is 0 Å². The smallest absolute Gasteiger partial charge is 0.0917 e. The molecule has 154 valence electrons. The maximum atomic E-state index is 6.19. The molecular weight excluding hydrogens is 423 g/mol. The van der Waals surface area contributed by atoms with E-state index >= 15 is 0 Å². The predicted octanol–water partition coefficient (Wildman–Crippen LogP) is 7.76. The van der Waals surface area contributed by atoms with Crippen molar-refractivity contribution in [2.45, 2.75) is 12.1 Å². The molecule has 1 heterocycles. The quantitative estimate of drug-likeness (QED) is 0.317. The van der Waals surface area contributed by atoms with Gasteiger partial charge in [0.2, 0.25) is 0 Å². The molecule has 1 saturated heterocycles. The van der Waals surface area contributed by atoms with E-state index in [4.69, 9.17) is 23.2 Å². The van der Waals surface area contributed by atoms with E-state index in [2.05, 4.69) is 94.7 Å². The lowest BCUT2D eigenvalue weighted by Crippen LogP contribution is -2.26. The summed E-state index contributed by atoms with van der Waals surface area (Å²) in [4.78, 5) is 4.91. The SMILES string of the molecule is Clc1ccc(N2CN(c3ccc(Cl)cc3)[C@@H](c3ccccc3)[C@@H]2c2ccccc2)cc1. The summed E-state index contributed by atoms with van der Waals surface area (Å²) in [5.74, 6) is 0. The monoisotopic (exact) mass is 444 g/mol. The summed E-state index contributed by atoms with van der Waals surface area (Å²) in [7, 11) is 0. The van der Waals surface area contributed by atoms with E-state index in [1.807, 2.05) is 24.3 Å². The first-order valence-corrected chi connectivity index (χ1v) is 11.1. The van der Waals surface area contributed by atoms with Gasteiger partial charge in [0.1, 0.15) is 0 Å². The highest BCUT2D eigenvalue weighted by Crippen LogP contribution is 2.48. The van der Waals surface area contributed by atoms with Crippen LogP contribution in [-0.4, -0.2) is 6.67 Å². The van der Waals surface area contributed by atoms with Crippen LogP contribution in [0.15, 0.2) is 109 Å². The topological polar surface area (TPSA) is 6.48 Å². The van der Waals surface area contributed by atoms with Gasteiger partial charge in [-0.2, -0.15) is 0 Å². The molecule has 31 heavy (non-hydrogen) atoms. The van der Waals surface area contributed by atoms with Crippen LogP contribution in [-0.2, 0) is 0 Å². The lowest BCUT2D eigenvalue weighted by Gasteiger charge is -2.30. The maximum Gasteiger partial charge on any atom is 0.0917 e. The minimum atomic E-state index is 0.139. The molecule has 0 bridgehead atoms. The highest BCUT2D eigenvalue weighted by molar-refractivity contribution is 6.30. The van der Waals surface area contributed by atoms with Crippen molar-refractivity contribution >= 4 is 34.6 Å². The van der Waals surface area contributed by atoms with Crippen LogP contribution in [0, 0.1) is 0 Å². The molecule has 4 aromatic rings. The van der Waals surface area contributed by atoms with Crippen molar-refractivity contribution in [1.82, 2.24) is 0 Å².